The van der Waals surface area contributed by atoms with Crippen molar-refractivity contribution in [2.75, 3.05) is 26.2 Å². The predicted octanol–water partition coefficient (Wildman–Crippen LogP) is -1.49. The van der Waals surface area contributed by atoms with Gasteiger partial charge in [-0.15, -0.1) is 0 Å². The van der Waals surface area contributed by atoms with Crippen molar-refractivity contribution in [1.29, 1.82) is 0 Å². The zero-order valence-electron chi connectivity index (χ0n) is 8.51. The van der Waals surface area contributed by atoms with E-state index in [1.807, 2.05) is 0 Å². The second-order valence-corrected chi connectivity index (χ2v) is 3.25. The lowest BCUT2D eigenvalue weighted by atomic mass is 10.3. The van der Waals surface area contributed by atoms with Crippen LogP contribution in [-0.4, -0.2) is 58.9 Å². The van der Waals surface area contributed by atoms with Crippen molar-refractivity contribution in [3.63, 3.8) is 0 Å². The van der Waals surface area contributed by atoms with E-state index in [-0.39, 0.29) is 5.91 Å². The third kappa shape index (κ3) is 3.12. The number of amides is 1. The predicted molar refractivity (Wildman–Crippen MR) is 53.1 cm³/mol. The van der Waals surface area contributed by atoms with Crippen LogP contribution in [0.25, 0.3) is 0 Å². The molecular formula is C8H14N4O3. The summed E-state index contributed by atoms with van der Waals surface area (Å²) in [6, 6.07) is 0. The van der Waals surface area contributed by atoms with Crippen LogP contribution in [0.2, 0.25) is 0 Å². The van der Waals surface area contributed by atoms with Crippen LogP contribution in [0.4, 0.5) is 0 Å². The van der Waals surface area contributed by atoms with Gasteiger partial charge < -0.3 is 15.7 Å². The number of hydrogen-bond donors (Lipinski definition) is 2. The van der Waals surface area contributed by atoms with Gasteiger partial charge in [0.05, 0.1) is 13.1 Å². The highest BCUT2D eigenvalue weighted by Gasteiger charge is 2.18. The first-order valence-electron chi connectivity index (χ1n) is 4.58. The number of hydrazone groups is 1. The second kappa shape index (κ2) is 4.63. The summed E-state index contributed by atoms with van der Waals surface area (Å²) in [4.78, 5) is 23.1. The van der Waals surface area contributed by atoms with Crippen molar-refractivity contribution in [3.05, 3.63) is 0 Å². The molecule has 0 saturated carbocycles. The Morgan fingerprint density at radius 2 is 1.80 bits per heavy atom. The van der Waals surface area contributed by atoms with Crippen LogP contribution in [0.3, 0.4) is 0 Å². The summed E-state index contributed by atoms with van der Waals surface area (Å²) in [6.45, 7) is 3.61. The molecule has 15 heavy (non-hydrogen) atoms. The van der Waals surface area contributed by atoms with Gasteiger partial charge in [0, 0.05) is 20.0 Å². The quantitative estimate of drug-likeness (QED) is 0.409. The molecule has 0 spiro atoms. The van der Waals surface area contributed by atoms with E-state index in [0.29, 0.717) is 26.2 Å². The summed E-state index contributed by atoms with van der Waals surface area (Å²) in [6.07, 6.45) is 0. The minimum Gasteiger partial charge on any atom is -0.475 e. The average Bonchev–Trinajstić information content (AvgIpc) is 2.18. The molecule has 7 nitrogen and oxygen atoms in total. The minimum absolute atomic E-state index is 0.0184. The number of piperazine rings is 1. The number of carbonyl (C=O) groups is 2. The monoisotopic (exact) mass is 214 g/mol. The third-order valence-corrected chi connectivity index (χ3v) is 2.17. The molecule has 0 bridgehead atoms. The van der Waals surface area contributed by atoms with Crippen molar-refractivity contribution < 1.29 is 14.7 Å². The third-order valence-electron chi connectivity index (χ3n) is 2.17. The Labute approximate surface area is 87.1 Å². The molecule has 1 aliphatic rings. The minimum atomic E-state index is -1.23. The number of carboxylic acid groups (broad SMARTS) is 1. The molecule has 0 unspecified atom stereocenters. The molecule has 0 aliphatic carbocycles. The fourth-order valence-electron chi connectivity index (χ4n) is 1.31. The first-order chi connectivity index (χ1) is 7.00. The fraction of sp³-hybridized carbons (Fsp3) is 0.625. The lowest BCUT2D eigenvalue weighted by Crippen LogP contribution is -2.46. The summed E-state index contributed by atoms with van der Waals surface area (Å²) in [5, 5.41) is 13.8. The van der Waals surface area contributed by atoms with Gasteiger partial charge in [0.2, 0.25) is 11.7 Å². The van der Waals surface area contributed by atoms with Gasteiger partial charge in [-0.1, -0.05) is 0 Å². The molecular weight excluding hydrogens is 200 g/mol. The number of nitrogens with two attached hydrogens (primary N) is 1. The molecule has 0 radical (unpaired) electrons. The summed E-state index contributed by atoms with van der Waals surface area (Å²) in [5.41, 5.74) is 5.17. The van der Waals surface area contributed by atoms with Crippen molar-refractivity contribution in [1.82, 2.24) is 9.91 Å². The molecule has 0 atom stereocenters. The van der Waals surface area contributed by atoms with E-state index >= 15 is 0 Å². The largest absolute Gasteiger partial charge is 0.475 e. The Morgan fingerprint density at radius 3 is 2.20 bits per heavy atom. The molecule has 1 saturated heterocycles. The smallest absolute Gasteiger partial charge is 0.373 e. The molecule has 0 aromatic heterocycles. The highest BCUT2D eigenvalue weighted by Crippen LogP contribution is 2.02. The average molecular weight is 214 g/mol. The van der Waals surface area contributed by atoms with E-state index in [1.165, 1.54) is 6.92 Å². The van der Waals surface area contributed by atoms with Crippen molar-refractivity contribution in [2.45, 2.75) is 6.92 Å². The zero-order chi connectivity index (χ0) is 11.4. The van der Waals surface area contributed by atoms with Gasteiger partial charge in [-0.05, 0) is 0 Å². The van der Waals surface area contributed by atoms with Crippen LogP contribution in [0.15, 0.2) is 5.10 Å². The molecule has 1 aliphatic heterocycles. The number of amidine groups is 1. The Kier molecular flexibility index (Phi) is 3.48. The molecule has 84 valence electrons. The van der Waals surface area contributed by atoms with Gasteiger partial charge in [-0.25, -0.2) is 4.79 Å². The number of hydrogen-bond acceptors (Lipinski definition) is 4. The maximum Gasteiger partial charge on any atom is 0.373 e. The number of carboxylic acids is 1. The highest BCUT2D eigenvalue weighted by atomic mass is 16.4. The molecule has 0 aromatic rings. The van der Waals surface area contributed by atoms with E-state index in [1.54, 1.807) is 9.91 Å². The maximum absolute atomic E-state index is 11.0. The molecule has 1 heterocycles. The van der Waals surface area contributed by atoms with E-state index in [2.05, 4.69) is 5.10 Å². The molecule has 1 rings (SSSR count). The summed E-state index contributed by atoms with van der Waals surface area (Å²) in [7, 11) is 0. The van der Waals surface area contributed by atoms with Crippen LogP contribution in [0, 0.1) is 0 Å². The van der Waals surface area contributed by atoms with E-state index in [9.17, 15) is 9.59 Å². The molecule has 0 aromatic carbocycles. The number of aliphatic carboxylic acids is 1. The van der Waals surface area contributed by atoms with Crippen LogP contribution in [0.1, 0.15) is 6.92 Å². The first kappa shape index (κ1) is 11.3. The number of rotatable bonds is 1. The number of nitrogens with zero attached hydrogens (tertiary/aromatic N) is 3. The van der Waals surface area contributed by atoms with Gasteiger partial charge in [0.25, 0.3) is 0 Å². The van der Waals surface area contributed by atoms with Crippen molar-refractivity contribution in [3.8, 4) is 0 Å². The first-order valence-corrected chi connectivity index (χ1v) is 4.58. The van der Waals surface area contributed by atoms with Gasteiger partial charge in [0.1, 0.15) is 0 Å². The summed E-state index contributed by atoms with van der Waals surface area (Å²) in [5.74, 6) is -1.64. The Morgan fingerprint density at radius 1 is 1.27 bits per heavy atom. The number of carbonyl (C=O) groups excluding carboxylic acids is 1. The fourth-order valence-corrected chi connectivity index (χ4v) is 1.31. The Bertz CT molecular complexity index is 294. The van der Waals surface area contributed by atoms with Gasteiger partial charge >= 0.3 is 5.97 Å². The Balaban J connectivity index is 2.48. The summed E-state index contributed by atoms with van der Waals surface area (Å²) >= 11 is 0. The Hall–Kier alpha value is -1.79. The van der Waals surface area contributed by atoms with E-state index in [4.69, 9.17) is 10.8 Å². The van der Waals surface area contributed by atoms with Crippen molar-refractivity contribution >= 4 is 17.7 Å². The maximum atomic E-state index is 11.0. The lowest BCUT2D eigenvalue weighted by molar-refractivity contribution is -0.131. The van der Waals surface area contributed by atoms with Crippen LogP contribution in [0.5, 0.6) is 0 Å². The molecule has 1 amide bonds. The van der Waals surface area contributed by atoms with Gasteiger partial charge in [-0.2, -0.15) is 5.10 Å². The SMILES string of the molecule is CC(=O)N1CCN(/N=C(\N)C(=O)O)CC1. The lowest BCUT2D eigenvalue weighted by Gasteiger charge is -2.32. The van der Waals surface area contributed by atoms with Crippen LogP contribution in [-0.2, 0) is 9.59 Å². The van der Waals surface area contributed by atoms with Crippen LogP contribution < -0.4 is 5.73 Å². The normalized spacial score (nSPS) is 17.8. The van der Waals surface area contributed by atoms with Crippen LogP contribution >= 0.6 is 0 Å². The standard InChI is InChI=1S/C8H14N4O3/c1-6(13)11-2-4-12(5-3-11)10-7(9)8(14)15/h2-5H2,1H3,(H2,9,10)(H,14,15). The van der Waals surface area contributed by atoms with Crippen molar-refractivity contribution in [2.24, 2.45) is 10.8 Å². The highest BCUT2D eigenvalue weighted by molar-refractivity contribution is 6.33. The molecule has 1 fully saturated rings. The molecule has 7 heteroatoms. The van der Waals surface area contributed by atoms with Gasteiger partial charge in [0.15, 0.2) is 0 Å². The van der Waals surface area contributed by atoms with E-state index < -0.39 is 11.8 Å². The summed E-state index contributed by atoms with van der Waals surface area (Å²) < 4.78 is 0. The van der Waals surface area contributed by atoms with E-state index in [0.717, 1.165) is 0 Å². The topological polar surface area (TPSA) is 99.2 Å². The second-order valence-electron chi connectivity index (χ2n) is 3.25. The molecule has 3 N–H and O–H groups in total. The van der Waals surface area contributed by atoms with Gasteiger partial charge in [-0.3, -0.25) is 9.80 Å². The zero-order valence-corrected chi connectivity index (χ0v) is 8.51.